The van der Waals surface area contributed by atoms with Crippen molar-refractivity contribution in [3.63, 3.8) is 0 Å². The number of nitrogens with two attached hydrogens (primary N) is 1. The lowest BCUT2D eigenvalue weighted by Crippen LogP contribution is -2.52. The third-order valence-corrected chi connectivity index (χ3v) is 5.48. The van der Waals surface area contributed by atoms with Crippen LogP contribution in [0.3, 0.4) is 0 Å². The van der Waals surface area contributed by atoms with Crippen LogP contribution in [0.15, 0.2) is 42.5 Å². The van der Waals surface area contributed by atoms with Crippen LogP contribution >= 0.6 is 0 Å². The third kappa shape index (κ3) is 4.00. The van der Waals surface area contributed by atoms with Gasteiger partial charge in [-0.05, 0) is 54.3 Å². The van der Waals surface area contributed by atoms with E-state index in [0.717, 1.165) is 23.2 Å². The van der Waals surface area contributed by atoms with Crippen LogP contribution in [0, 0.1) is 0 Å². The van der Waals surface area contributed by atoms with Crippen LogP contribution in [-0.4, -0.2) is 35.2 Å². The highest BCUT2D eigenvalue weighted by Crippen LogP contribution is 2.28. The molecule has 0 spiro atoms. The molecule has 1 fully saturated rings. The van der Waals surface area contributed by atoms with Crippen LogP contribution in [0.4, 0.5) is 5.69 Å². The van der Waals surface area contributed by atoms with Gasteiger partial charge < -0.3 is 16.0 Å². The van der Waals surface area contributed by atoms with E-state index < -0.39 is 6.04 Å². The second kappa shape index (κ2) is 8.05. The SMILES string of the molecule is NCCc1ccc(NCc2ccc3c(c2)C(=O)N(C2CCC(=O)NC2=O)C3)cc1. The molecule has 0 aromatic heterocycles. The molecule has 29 heavy (non-hydrogen) atoms. The van der Waals surface area contributed by atoms with Crippen molar-refractivity contribution in [3.05, 3.63) is 64.7 Å². The molecule has 0 saturated carbocycles. The van der Waals surface area contributed by atoms with Crippen LogP contribution < -0.4 is 16.4 Å². The molecular weight excluding hydrogens is 368 g/mol. The van der Waals surface area contributed by atoms with Crippen LogP contribution in [0.1, 0.15) is 39.9 Å². The number of carbonyl (C=O) groups excluding carboxylic acids is 3. The highest BCUT2D eigenvalue weighted by atomic mass is 16.2. The summed E-state index contributed by atoms with van der Waals surface area (Å²) >= 11 is 0. The summed E-state index contributed by atoms with van der Waals surface area (Å²) in [6, 6.07) is 13.4. The Morgan fingerprint density at radius 2 is 1.83 bits per heavy atom. The molecule has 7 nitrogen and oxygen atoms in total. The predicted octanol–water partition coefficient (Wildman–Crippen LogP) is 1.56. The van der Waals surface area contributed by atoms with Gasteiger partial charge in [0.05, 0.1) is 0 Å². The van der Waals surface area contributed by atoms with E-state index in [1.54, 1.807) is 4.90 Å². The van der Waals surface area contributed by atoms with Crippen molar-refractivity contribution in [2.75, 3.05) is 11.9 Å². The van der Waals surface area contributed by atoms with Crippen molar-refractivity contribution in [2.45, 2.75) is 38.4 Å². The summed E-state index contributed by atoms with van der Waals surface area (Å²) in [7, 11) is 0. The fourth-order valence-electron chi connectivity index (χ4n) is 3.87. The van der Waals surface area contributed by atoms with Gasteiger partial charge in [-0.1, -0.05) is 24.3 Å². The zero-order valence-electron chi connectivity index (χ0n) is 16.1. The lowest BCUT2D eigenvalue weighted by atomic mass is 10.0. The average Bonchev–Trinajstić information content (AvgIpc) is 3.04. The molecule has 2 aliphatic heterocycles. The summed E-state index contributed by atoms with van der Waals surface area (Å²) in [6.45, 7) is 1.62. The molecule has 1 unspecified atom stereocenters. The quantitative estimate of drug-likeness (QED) is 0.647. The van der Waals surface area contributed by atoms with E-state index in [0.29, 0.717) is 31.6 Å². The van der Waals surface area contributed by atoms with Crippen molar-refractivity contribution >= 4 is 23.4 Å². The molecule has 0 aliphatic carbocycles. The maximum atomic E-state index is 12.9. The lowest BCUT2D eigenvalue weighted by Gasteiger charge is -2.29. The number of anilines is 1. The average molecular weight is 392 g/mol. The minimum atomic E-state index is -0.582. The maximum absolute atomic E-state index is 12.9. The highest BCUT2D eigenvalue weighted by molar-refractivity contribution is 6.05. The molecule has 2 aliphatic rings. The van der Waals surface area contributed by atoms with Gasteiger partial charge in [-0.2, -0.15) is 0 Å². The van der Waals surface area contributed by atoms with Gasteiger partial charge >= 0.3 is 0 Å². The Kier molecular flexibility index (Phi) is 5.31. The van der Waals surface area contributed by atoms with Gasteiger partial charge in [0.15, 0.2) is 0 Å². The molecule has 0 bridgehead atoms. The Hall–Kier alpha value is -3.19. The number of rotatable bonds is 6. The van der Waals surface area contributed by atoms with Gasteiger partial charge in [-0.3, -0.25) is 19.7 Å². The van der Waals surface area contributed by atoms with Gasteiger partial charge in [0.25, 0.3) is 5.91 Å². The Balaban J connectivity index is 1.42. The normalized spacial score (nSPS) is 18.6. The number of nitrogens with one attached hydrogen (secondary N) is 2. The van der Waals surface area contributed by atoms with E-state index in [4.69, 9.17) is 5.73 Å². The van der Waals surface area contributed by atoms with Crippen molar-refractivity contribution in [3.8, 4) is 0 Å². The fourth-order valence-corrected chi connectivity index (χ4v) is 3.87. The minimum absolute atomic E-state index is 0.150. The van der Waals surface area contributed by atoms with Gasteiger partial charge in [0.1, 0.15) is 6.04 Å². The van der Waals surface area contributed by atoms with E-state index in [1.807, 2.05) is 30.3 Å². The monoisotopic (exact) mass is 392 g/mol. The lowest BCUT2D eigenvalue weighted by molar-refractivity contribution is -0.136. The molecule has 2 heterocycles. The molecule has 1 saturated heterocycles. The minimum Gasteiger partial charge on any atom is -0.381 e. The topological polar surface area (TPSA) is 105 Å². The Labute approximate surface area is 169 Å². The van der Waals surface area contributed by atoms with Gasteiger partial charge in [0.2, 0.25) is 11.8 Å². The first-order valence-electron chi connectivity index (χ1n) is 9.84. The molecule has 3 amide bonds. The molecular formula is C22H24N4O3. The summed E-state index contributed by atoms with van der Waals surface area (Å²) in [4.78, 5) is 38.0. The Bertz CT molecular complexity index is 955. The molecule has 1 atom stereocenters. The highest BCUT2D eigenvalue weighted by Gasteiger charge is 2.39. The molecule has 4 rings (SSSR count). The maximum Gasteiger partial charge on any atom is 0.255 e. The first-order valence-corrected chi connectivity index (χ1v) is 9.84. The molecule has 4 N–H and O–H groups in total. The van der Waals surface area contributed by atoms with Gasteiger partial charge in [-0.25, -0.2) is 0 Å². The van der Waals surface area contributed by atoms with Crippen LogP contribution in [-0.2, 0) is 29.1 Å². The number of imide groups is 1. The van der Waals surface area contributed by atoms with Crippen molar-refractivity contribution < 1.29 is 14.4 Å². The first-order chi connectivity index (χ1) is 14.0. The summed E-state index contributed by atoms with van der Waals surface area (Å²) in [5.74, 6) is -0.815. The number of amides is 3. The molecule has 2 aromatic rings. The van der Waals surface area contributed by atoms with E-state index in [1.165, 1.54) is 5.56 Å². The van der Waals surface area contributed by atoms with Gasteiger partial charge in [-0.15, -0.1) is 0 Å². The van der Waals surface area contributed by atoms with E-state index in [2.05, 4.69) is 22.8 Å². The second-order valence-electron chi connectivity index (χ2n) is 7.48. The summed E-state index contributed by atoms with van der Waals surface area (Å²) in [5.41, 5.74) is 10.3. The molecule has 2 aromatic carbocycles. The molecule has 0 radical (unpaired) electrons. The third-order valence-electron chi connectivity index (χ3n) is 5.48. The van der Waals surface area contributed by atoms with E-state index in [9.17, 15) is 14.4 Å². The second-order valence-corrected chi connectivity index (χ2v) is 7.48. The Morgan fingerprint density at radius 3 is 2.55 bits per heavy atom. The number of nitrogens with zero attached hydrogens (tertiary/aromatic N) is 1. The molecule has 7 heteroatoms. The van der Waals surface area contributed by atoms with E-state index >= 15 is 0 Å². The Morgan fingerprint density at radius 1 is 1.07 bits per heavy atom. The largest absolute Gasteiger partial charge is 0.381 e. The van der Waals surface area contributed by atoms with Crippen LogP contribution in [0.25, 0.3) is 0 Å². The fraction of sp³-hybridized carbons (Fsp3) is 0.318. The van der Waals surface area contributed by atoms with Crippen LogP contribution in [0.2, 0.25) is 0 Å². The standard InChI is InChI=1S/C22H24N4O3/c23-10-9-14-2-5-17(6-3-14)24-12-15-1-4-16-13-26(22(29)18(16)11-15)19-7-8-20(27)25-21(19)28/h1-6,11,19,24H,7-10,12-13,23H2,(H,25,27,28). The number of carbonyl (C=O) groups is 3. The van der Waals surface area contributed by atoms with Crippen LogP contribution in [0.5, 0.6) is 0 Å². The van der Waals surface area contributed by atoms with Crippen molar-refractivity contribution in [1.82, 2.24) is 10.2 Å². The van der Waals surface area contributed by atoms with E-state index in [-0.39, 0.29) is 24.1 Å². The number of hydrogen-bond acceptors (Lipinski definition) is 5. The zero-order valence-corrected chi connectivity index (χ0v) is 16.1. The smallest absolute Gasteiger partial charge is 0.255 e. The first kappa shape index (κ1) is 19.1. The van der Waals surface area contributed by atoms with Crippen molar-refractivity contribution in [2.24, 2.45) is 5.73 Å². The molecule has 150 valence electrons. The van der Waals surface area contributed by atoms with Gasteiger partial charge in [0, 0.05) is 30.8 Å². The van der Waals surface area contributed by atoms with Crippen molar-refractivity contribution in [1.29, 1.82) is 0 Å². The summed E-state index contributed by atoms with van der Waals surface area (Å²) in [5, 5.41) is 5.69. The zero-order chi connectivity index (χ0) is 20.4. The number of benzene rings is 2. The summed E-state index contributed by atoms with van der Waals surface area (Å²) < 4.78 is 0. The summed E-state index contributed by atoms with van der Waals surface area (Å²) in [6.07, 6.45) is 1.49. The number of piperidine rings is 1. The predicted molar refractivity (Wildman–Crippen MR) is 109 cm³/mol. The number of hydrogen-bond donors (Lipinski definition) is 3. The number of fused-ring (bicyclic) bond motifs is 1.